The van der Waals surface area contributed by atoms with Gasteiger partial charge >= 0.3 is 0 Å². The quantitative estimate of drug-likeness (QED) is 0.864. The Morgan fingerprint density at radius 3 is 2.85 bits per heavy atom. The minimum atomic E-state index is 0.247. The summed E-state index contributed by atoms with van der Waals surface area (Å²) >= 11 is 0. The second kappa shape index (κ2) is 7.77. The van der Waals surface area contributed by atoms with E-state index in [1.807, 2.05) is 0 Å². The maximum atomic E-state index is 6.07. The fourth-order valence-electron chi connectivity index (χ4n) is 2.90. The molecule has 2 atom stereocenters. The van der Waals surface area contributed by atoms with E-state index < -0.39 is 0 Å². The average molecular weight is 276 g/mol. The van der Waals surface area contributed by atoms with Crippen molar-refractivity contribution in [3.8, 4) is 0 Å². The Morgan fingerprint density at radius 1 is 1.35 bits per heavy atom. The second-order valence-corrected chi connectivity index (χ2v) is 5.59. The van der Waals surface area contributed by atoms with Crippen LogP contribution in [0.3, 0.4) is 0 Å². The van der Waals surface area contributed by atoms with E-state index in [0.717, 1.165) is 39.2 Å². The van der Waals surface area contributed by atoms with Gasteiger partial charge in [0.25, 0.3) is 0 Å². The molecular formula is C17H28N2O. The van der Waals surface area contributed by atoms with Gasteiger partial charge < -0.3 is 10.1 Å². The van der Waals surface area contributed by atoms with Gasteiger partial charge in [-0.2, -0.15) is 0 Å². The van der Waals surface area contributed by atoms with Crippen LogP contribution in [0, 0.1) is 6.92 Å². The smallest absolute Gasteiger partial charge is 0.0897 e. The number of hydrogen-bond donors (Lipinski definition) is 1. The van der Waals surface area contributed by atoms with Gasteiger partial charge in [0.2, 0.25) is 0 Å². The molecule has 1 fully saturated rings. The van der Waals surface area contributed by atoms with Crippen LogP contribution in [0.5, 0.6) is 0 Å². The summed E-state index contributed by atoms with van der Waals surface area (Å²) < 4.78 is 6.07. The summed E-state index contributed by atoms with van der Waals surface area (Å²) in [7, 11) is 0. The number of aryl methyl sites for hydroxylation is 1. The van der Waals surface area contributed by atoms with E-state index in [-0.39, 0.29) is 6.10 Å². The minimum absolute atomic E-state index is 0.247. The van der Waals surface area contributed by atoms with E-state index in [4.69, 9.17) is 4.74 Å². The Morgan fingerprint density at radius 2 is 2.15 bits per heavy atom. The molecule has 2 unspecified atom stereocenters. The van der Waals surface area contributed by atoms with Gasteiger partial charge in [-0.3, -0.25) is 4.90 Å². The zero-order valence-electron chi connectivity index (χ0n) is 13.1. The van der Waals surface area contributed by atoms with Gasteiger partial charge in [-0.1, -0.05) is 38.1 Å². The Labute approximate surface area is 123 Å². The highest BCUT2D eigenvalue weighted by molar-refractivity contribution is 5.29. The van der Waals surface area contributed by atoms with Gasteiger partial charge in [0.05, 0.1) is 18.8 Å². The van der Waals surface area contributed by atoms with E-state index in [0.29, 0.717) is 6.04 Å². The molecule has 112 valence electrons. The summed E-state index contributed by atoms with van der Waals surface area (Å²) in [6.07, 6.45) is 1.39. The lowest BCUT2D eigenvalue weighted by atomic mass is 9.95. The Balaban J connectivity index is 2.16. The summed E-state index contributed by atoms with van der Waals surface area (Å²) in [5.74, 6) is 0. The van der Waals surface area contributed by atoms with Crippen molar-refractivity contribution in [2.24, 2.45) is 0 Å². The molecule has 1 N–H and O–H groups in total. The van der Waals surface area contributed by atoms with Crippen molar-refractivity contribution in [1.29, 1.82) is 0 Å². The zero-order chi connectivity index (χ0) is 14.4. The lowest BCUT2D eigenvalue weighted by Gasteiger charge is -2.37. The van der Waals surface area contributed by atoms with Crippen molar-refractivity contribution in [2.75, 3.05) is 32.8 Å². The van der Waals surface area contributed by atoms with Crippen LogP contribution >= 0.6 is 0 Å². The predicted octanol–water partition coefficient (Wildman–Crippen LogP) is 2.76. The van der Waals surface area contributed by atoms with E-state index in [9.17, 15) is 0 Å². The molecule has 1 aromatic rings. The van der Waals surface area contributed by atoms with Crippen molar-refractivity contribution in [2.45, 2.75) is 39.3 Å². The van der Waals surface area contributed by atoms with Gasteiger partial charge in [0.15, 0.2) is 0 Å². The molecule has 1 heterocycles. The third-order valence-corrected chi connectivity index (χ3v) is 4.13. The van der Waals surface area contributed by atoms with Crippen molar-refractivity contribution >= 4 is 0 Å². The molecule has 0 saturated carbocycles. The first-order valence-electron chi connectivity index (χ1n) is 7.89. The Kier molecular flexibility index (Phi) is 6.02. The van der Waals surface area contributed by atoms with Crippen LogP contribution < -0.4 is 5.32 Å². The molecule has 1 saturated heterocycles. The van der Waals surface area contributed by atoms with Crippen LogP contribution in [0.15, 0.2) is 24.3 Å². The molecule has 0 bridgehead atoms. The van der Waals surface area contributed by atoms with Crippen molar-refractivity contribution in [3.63, 3.8) is 0 Å². The fraction of sp³-hybridized carbons (Fsp3) is 0.647. The molecule has 0 aliphatic carbocycles. The van der Waals surface area contributed by atoms with Crippen molar-refractivity contribution in [1.82, 2.24) is 10.2 Å². The molecule has 1 aromatic carbocycles. The van der Waals surface area contributed by atoms with Crippen molar-refractivity contribution < 1.29 is 4.74 Å². The molecule has 20 heavy (non-hydrogen) atoms. The molecule has 3 heteroatoms. The maximum absolute atomic E-state index is 6.07. The van der Waals surface area contributed by atoms with Crippen LogP contribution in [0.1, 0.15) is 37.4 Å². The number of benzene rings is 1. The number of hydrogen-bond acceptors (Lipinski definition) is 3. The maximum Gasteiger partial charge on any atom is 0.0897 e. The molecule has 2 rings (SSSR count). The molecule has 0 aromatic heterocycles. The van der Waals surface area contributed by atoms with Crippen LogP contribution in [-0.2, 0) is 4.74 Å². The van der Waals surface area contributed by atoms with Crippen LogP contribution in [0.2, 0.25) is 0 Å². The van der Waals surface area contributed by atoms with Crippen LogP contribution in [0.25, 0.3) is 0 Å². The lowest BCUT2D eigenvalue weighted by molar-refractivity contribution is -0.0456. The first kappa shape index (κ1) is 15.5. The van der Waals surface area contributed by atoms with E-state index in [1.54, 1.807) is 0 Å². The summed E-state index contributed by atoms with van der Waals surface area (Å²) in [5.41, 5.74) is 2.72. The number of nitrogens with one attached hydrogen (secondary N) is 1. The highest BCUT2D eigenvalue weighted by atomic mass is 16.5. The zero-order valence-corrected chi connectivity index (χ0v) is 13.1. The molecule has 0 amide bonds. The summed E-state index contributed by atoms with van der Waals surface area (Å²) in [6.45, 7) is 11.7. The second-order valence-electron chi connectivity index (χ2n) is 5.59. The third-order valence-electron chi connectivity index (χ3n) is 4.13. The largest absolute Gasteiger partial charge is 0.374 e. The molecule has 1 aliphatic heterocycles. The number of morpholine rings is 1. The van der Waals surface area contributed by atoms with Crippen LogP contribution in [-0.4, -0.2) is 43.8 Å². The first-order chi connectivity index (χ1) is 9.76. The summed E-state index contributed by atoms with van der Waals surface area (Å²) in [6, 6.07) is 8.96. The van der Waals surface area contributed by atoms with Gasteiger partial charge in [-0.15, -0.1) is 0 Å². The predicted molar refractivity (Wildman–Crippen MR) is 84.1 cm³/mol. The standard InChI is InChI=1S/C17H28N2O/c1-4-10-18-17(15-9-7-6-8-14(15)3)16-13-19(5-2)11-12-20-16/h6-9,16-18H,4-5,10-13H2,1-3H3. The summed E-state index contributed by atoms with van der Waals surface area (Å²) in [5, 5.41) is 3.69. The Hall–Kier alpha value is -0.900. The number of likely N-dealkylation sites (N-methyl/N-ethyl adjacent to an activating group) is 1. The van der Waals surface area contributed by atoms with Crippen LogP contribution in [0.4, 0.5) is 0 Å². The average Bonchev–Trinajstić information content (AvgIpc) is 2.49. The van der Waals surface area contributed by atoms with Crippen molar-refractivity contribution in [3.05, 3.63) is 35.4 Å². The SMILES string of the molecule is CCCNC(c1ccccc1C)C1CN(CC)CCO1. The molecule has 1 aliphatic rings. The fourth-order valence-corrected chi connectivity index (χ4v) is 2.90. The molecule has 0 spiro atoms. The van der Waals surface area contributed by atoms with E-state index in [1.165, 1.54) is 11.1 Å². The molecular weight excluding hydrogens is 248 g/mol. The first-order valence-corrected chi connectivity index (χ1v) is 7.89. The number of nitrogens with zero attached hydrogens (tertiary/aromatic N) is 1. The monoisotopic (exact) mass is 276 g/mol. The third kappa shape index (κ3) is 3.81. The lowest BCUT2D eigenvalue weighted by Crippen LogP contribution is -2.48. The number of ether oxygens (including phenoxy) is 1. The van der Waals surface area contributed by atoms with E-state index in [2.05, 4.69) is 55.3 Å². The van der Waals surface area contributed by atoms with Gasteiger partial charge in [-0.25, -0.2) is 0 Å². The molecule has 3 nitrogen and oxygen atoms in total. The normalized spacial score (nSPS) is 21.9. The molecule has 0 radical (unpaired) electrons. The highest BCUT2D eigenvalue weighted by Crippen LogP contribution is 2.25. The van der Waals surface area contributed by atoms with Gasteiger partial charge in [0.1, 0.15) is 0 Å². The van der Waals surface area contributed by atoms with E-state index >= 15 is 0 Å². The highest BCUT2D eigenvalue weighted by Gasteiger charge is 2.29. The minimum Gasteiger partial charge on any atom is -0.374 e. The van der Waals surface area contributed by atoms with Gasteiger partial charge in [0, 0.05) is 13.1 Å². The summed E-state index contributed by atoms with van der Waals surface area (Å²) in [4.78, 5) is 2.48. The Bertz CT molecular complexity index is 408. The van der Waals surface area contributed by atoms with Gasteiger partial charge in [-0.05, 0) is 37.6 Å². The number of rotatable bonds is 6. The topological polar surface area (TPSA) is 24.5 Å².